The number of amides is 1. The second-order valence-corrected chi connectivity index (χ2v) is 8.36. The molecule has 24 heavy (non-hydrogen) atoms. The molecule has 1 atom stereocenters. The Balaban J connectivity index is 0.00000169. The number of halogens is 1. The molecule has 132 valence electrons. The van der Waals surface area contributed by atoms with Crippen LogP contribution in [0.3, 0.4) is 0 Å². The third-order valence-corrected chi connectivity index (χ3v) is 6.65. The molecule has 2 heterocycles. The summed E-state index contributed by atoms with van der Waals surface area (Å²) in [5, 5.41) is 3.72. The monoisotopic (exact) mass is 366 g/mol. The Hall–Kier alpha value is -0.710. The molecule has 1 aromatic rings. The number of benzene rings is 1. The SMILES string of the molecule is Cl.O=C(C1SCCc2ccccc21)N1CCC(NCC2CC2)CC1. The lowest BCUT2D eigenvalue weighted by molar-refractivity contribution is -0.131. The second-order valence-electron chi connectivity index (χ2n) is 7.15. The summed E-state index contributed by atoms with van der Waals surface area (Å²) in [4.78, 5) is 15.1. The van der Waals surface area contributed by atoms with Crippen LogP contribution in [0.15, 0.2) is 24.3 Å². The Bertz CT molecular complexity index is 570. The van der Waals surface area contributed by atoms with Gasteiger partial charge in [-0.25, -0.2) is 0 Å². The molecular weight excluding hydrogens is 340 g/mol. The smallest absolute Gasteiger partial charge is 0.240 e. The van der Waals surface area contributed by atoms with Gasteiger partial charge in [-0.3, -0.25) is 4.79 Å². The van der Waals surface area contributed by atoms with Crippen molar-refractivity contribution in [3.8, 4) is 0 Å². The van der Waals surface area contributed by atoms with Crippen LogP contribution < -0.4 is 5.32 Å². The van der Waals surface area contributed by atoms with Crippen LogP contribution in [0, 0.1) is 5.92 Å². The van der Waals surface area contributed by atoms with Crippen LogP contribution >= 0.6 is 24.2 Å². The molecule has 1 unspecified atom stereocenters. The quantitative estimate of drug-likeness (QED) is 0.886. The van der Waals surface area contributed by atoms with Crippen molar-refractivity contribution in [1.82, 2.24) is 10.2 Å². The summed E-state index contributed by atoms with van der Waals surface area (Å²) in [5.41, 5.74) is 2.62. The molecule has 3 nitrogen and oxygen atoms in total. The van der Waals surface area contributed by atoms with Gasteiger partial charge in [0.2, 0.25) is 5.91 Å². The maximum Gasteiger partial charge on any atom is 0.240 e. The van der Waals surface area contributed by atoms with Gasteiger partial charge in [-0.05, 0) is 61.4 Å². The van der Waals surface area contributed by atoms with Crippen LogP contribution in [-0.4, -0.2) is 42.2 Å². The number of rotatable bonds is 4. The van der Waals surface area contributed by atoms with E-state index in [1.54, 1.807) is 0 Å². The minimum absolute atomic E-state index is 0. The number of hydrogen-bond acceptors (Lipinski definition) is 3. The molecule has 1 N–H and O–H groups in total. The summed E-state index contributed by atoms with van der Waals surface area (Å²) in [6, 6.07) is 9.11. The fraction of sp³-hybridized carbons (Fsp3) is 0.632. The molecular formula is C19H27ClN2OS. The number of hydrogen-bond donors (Lipinski definition) is 1. The van der Waals surface area contributed by atoms with Crippen LogP contribution in [0.2, 0.25) is 0 Å². The Morgan fingerprint density at radius 3 is 2.67 bits per heavy atom. The third kappa shape index (κ3) is 4.09. The molecule has 3 aliphatic rings. The van der Waals surface area contributed by atoms with E-state index in [0.717, 1.165) is 44.0 Å². The lowest BCUT2D eigenvalue weighted by Gasteiger charge is -2.36. The van der Waals surface area contributed by atoms with Crippen molar-refractivity contribution in [3.05, 3.63) is 35.4 Å². The number of carbonyl (C=O) groups is 1. The fourth-order valence-electron chi connectivity index (χ4n) is 3.72. The molecule has 1 aromatic carbocycles. The first kappa shape index (κ1) is 18.1. The topological polar surface area (TPSA) is 32.3 Å². The molecule has 0 aromatic heterocycles. The molecule has 1 saturated carbocycles. The highest BCUT2D eigenvalue weighted by atomic mass is 35.5. The lowest BCUT2D eigenvalue weighted by atomic mass is 9.99. The van der Waals surface area contributed by atoms with Gasteiger partial charge in [-0.1, -0.05) is 24.3 Å². The number of nitrogens with one attached hydrogen (secondary N) is 1. The maximum atomic E-state index is 13.0. The summed E-state index contributed by atoms with van der Waals surface area (Å²) >= 11 is 1.82. The number of piperidine rings is 1. The molecule has 2 aliphatic heterocycles. The highest BCUT2D eigenvalue weighted by Gasteiger charge is 2.32. The highest BCUT2D eigenvalue weighted by molar-refractivity contribution is 8.00. The van der Waals surface area contributed by atoms with Crippen LogP contribution in [0.5, 0.6) is 0 Å². The normalized spacial score (nSPS) is 24.2. The number of thioether (sulfide) groups is 1. The van der Waals surface area contributed by atoms with E-state index in [-0.39, 0.29) is 17.7 Å². The fourth-order valence-corrected chi connectivity index (χ4v) is 5.00. The zero-order chi connectivity index (χ0) is 15.6. The first-order chi connectivity index (χ1) is 11.3. The van der Waals surface area contributed by atoms with Gasteiger partial charge in [-0.2, -0.15) is 0 Å². The molecule has 0 spiro atoms. The minimum atomic E-state index is 0. The standard InChI is InChI=1S/C19H26N2OS.ClH/c22-19(18-17-4-2-1-3-15(17)9-12-23-18)21-10-7-16(8-11-21)20-13-14-5-6-14;/h1-4,14,16,18,20H,5-13H2;1H. The highest BCUT2D eigenvalue weighted by Crippen LogP contribution is 2.38. The van der Waals surface area contributed by atoms with Gasteiger partial charge < -0.3 is 10.2 Å². The lowest BCUT2D eigenvalue weighted by Crippen LogP contribution is -2.46. The van der Waals surface area contributed by atoms with Gasteiger partial charge in [0.1, 0.15) is 5.25 Å². The van der Waals surface area contributed by atoms with Crippen molar-refractivity contribution < 1.29 is 4.79 Å². The molecule has 0 radical (unpaired) electrons. The number of carbonyl (C=O) groups excluding carboxylic acids is 1. The first-order valence-corrected chi connectivity index (χ1v) is 10.1. The van der Waals surface area contributed by atoms with E-state index in [1.807, 2.05) is 11.8 Å². The van der Waals surface area contributed by atoms with Gasteiger partial charge in [0.15, 0.2) is 0 Å². The average Bonchev–Trinajstić information content (AvgIpc) is 3.44. The van der Waals surface area contributed by atoms with Crippen molar-refractivity contribution in [2.45, 2.75) is 43.4 Å². The van der Waals surface area contributed by atoms with Crippen molar-refractivity contribution in [2.75, 3.05) is 25.4 Å². The predicted molar refractivity (Wildman–Crippen MR) is 103 cm³/mol. The molecule has 2 fully saturated rings. The second kappa shape index (κ2) is 8.11. The zero-order valence-corrected chi connectivity index (χ0v) is 15.7. The summed E-state index contributed by atoms with van der Waals surface area (Å²) in [6.45, 7) is 3.02. The predicted octanol–water partition coefficient (Wildman–Crippen LogP) is 3.43. The van der Waals surface area contributed by atoms with E-state index in [0.29, 0.717) is 11.9 Å². The maximum absolute atomic E-state index is 13.0. The zero-order valence-electron chi connectivity index (χ0n) is 14.1. The van der Waals surface area contributed by atoms with Gasteiger partial charge in [0.25, 0.3) is 0 Å². The molecule has 0 bridgehead atoms. The Morgan fingerprint density at radius 2 is 1.92 bits per heavy atom. The average molecular weight is 367 g/mol. The van der Waals surface area contributed by atoms with Crippen LogP contribution in [0.4, 0.5) is 0 Å². The summed E-state index contributed by atoms with van der Waals surface area (Å²) in [5.74, 6) is 2.33. The van der Waals surface area contributed by atoms with E-state index in [1.165, 1.54) is 30.5 Å². The van der Waals surface area contributed by atoms with E-state index in [9.17, 15) is 4.79 Å². The number of likely N-dealkylation sites (tertiary alicyclic amines) is 1. The van der Waals surface area contributed by atoms with E-state index < -0.39 is 0 Å². The van der Waals surface area contributed by atoms with Crippen LogP contribution in [0.1, 0.15) is 42.1 Å². The van der Waals surface area contributed by atoms with Gasteiger partial charge in [-0.15, -0.1) is 24.2 Å². The van der Waals surface area contributed by atoms with Crippen molar-refractivity contribution in [1.29, 1.82) is 0 Å². The molecule has 1 amide bonds. The molecule has 4 rings (SSSR count). The van der Waals surface area contributed by atoms with Crippen molar-refractivity contribution in [3.63, 3.8) is 0 Å². The number of fused-ring (bicyclic) bond motifs is 1. The van der Waals surface area contributed by atoms with Crippen molar-refractivity contribution >= 4 is 30.1 Å². The summed E-state index contributed by atoms with van der Waals surface area (Å²) < 4.78 is 0. The first-order valence-electron chi connectivity index (χ1n) is 9.03. The van der Waals surface area contributed by atoms with Crippen molar-refractivity contribution in [2.24, 2.45) is 5.92 Å². The van der Waals surface area contributed by atoms with E-state index >= 15 is 0 Å². The van der Waals surface area contributed by atoms with Gasteiger partial charge in [0.05, 0.1) is 0 Å². The van der Waals surface area contributed by atoms with Gasteiger partial charge >= 0.3 is 0 Å². The largest absolute Gasteiger partial charge is 0.341 e. The van der Waals surface area contributed by atoms with E-state index in [4.69, 9.17) is 0 Å². The molecule has 1 aliphatic carbocycles. The summed E-state index contributed by atoms with van der Waals surface area (Å²) in [7, 11) is 0. The van der Waals surface area contributed by atoms with Crippen LogP contribution in [-0.2, 0) is 11.2 Å². The Labute approximate surface area is 155 Å². The Kier molecular flexibility index (Phi) is 6.12. The van der Waals surface area contributed by atoms with Crippen LogP contribution in [0.25, 0.3) is 0 Å². The van der Waals surface area contributed by atoms with E-state index in [2.05, 4.69) is 34.5 Å². The Morgan fingerprint density at radius 1 is 1.17 bits per heavy atom. The summed E-state index contributed by atoms with van der Waals surface area (Å²) in [6.07, 6.45) is 6.12. The molecule has 5 heteroatoms. The minimum Gasteiger partial charge on any atom is -0.341 e. The number of nitrogens with zero attached hydrogens (tertiary/aromatic N) is 1. The third-order valence-electron chi connectivity index (χ3n) is 5.42. The number of aryl methyl sites for hydroxylation is 1. The van der Waals surface area contributed by atoms with Gasteiger partial charge in [0, 0.05) is 19.1 Å². The molecule has 1 saturated heterocycles.